The van der Waals surface area contributed by atoms with Crippen molar-refractivity contribution < 1.29 is 14.7 Å². The summed E-state index contributed by atoms with van der Waals surface area (Å²) < 4.78 is 0. The van der Waals surface area contributed by atoms with Crippen molar-refractivity contribution in [1.29, 1.82) is 0 Å². The molecular formula is C15H18N2O3. The van der Waals surface area contributed by atoms with Crippen LogP contribution in [-0.2, 0) is 9.59 Å². The SMILES string of the molecule is O=C1CC(=O)Nc2cc(C(O)C3CCCC3)ccc2N1. The largest absolute Gasteiger partial charge is 0.388 e. The predicted molar refractivity (Wildman–Crippen MR) is 75.2 cm³/mol. The number of aliphatic hydroxyl groups excluding tert-OH is 1. The molecule has 1 fully saturated rings. The first-order chi connectivity index (χ1) is 9.63. The van der Waals surface area contributed by atoms with Crippen molar-refractivity contribution in [2.75, 3.05) is 10.6 Å². The van der Waals surface area contributed by atoms with E-state index < -0.39 is 6.10 Å². The number of anilines is 2. The van der Waals surface area contributed by atoms with Gasteiger partial charge in [0, 0.05) is 0 Å². The minimum Gasteiger partial charge on any atom is -0.388 e. The van der Waals surface area contributed by atoms with Gasteiger partial charge in [0.15, 0.2) is 0 Å². The van der Waals surface area contributed by atoms with Crippen LogP contribution >= 0.6 is 0 Å². The number of carbonyl (C=O) groups is 2. The normalized spacial score (nSPS) is 20.9. The maximum absolute atomic E-state index is 11.6. The summed E-state index contributed by atoms with van der Waals surface area (Å²) in [6, 6.07) is 5.33. The van der Waals surface area contributed by atoms with E-state index in [4.69, 9.17) is 0 Å². The predicted octanol–water partition coefficient (Wildman–Crippen LogP) is 2.19. The third-order valence-corrected chi connectivity index (χ3v) is 4.10. The second-order valence-corrected chi connectivity index (χ2v) is 5.57. The lowest BCUT2D eigenvalue weighted by Crippen LogP contribution is -2.16. The molecule has 1 unspecified atom stereocenters. The molecule has 2 amide bonds. The molecule has 1 aliphatic heterocycles. The smallest absolute Gasteiger partial charge is 0.233 e. The van der Waals surface area contributed by atoms with Crippen molar-refractivity contribution in [2.24, 2.45) is 5.92 Å². The third-order valence-electron chi connectivity index (χ3n) is 4.10. The minimum atomic E-state index is -0.501. The number of hydrogen-bond acceptors (Lipinski definition) is 3. The van der Waals surface area contributed by atoms with Gasteiger partial charge in [-0.15, -0.1) is 0 Å². The molecule has 5 nitrogen and oxygen atoms in total. The molecule has 1 atom stereocenters. The summed E-state index contributed by atoms with van der Waals surface area (Å²) >= 11 is 0. The second-order valence-electron chi connectivity index (χ2n) is 5.57. The van der Waals surface area contributed by atoms with Crippen LogP contribution in [0.2, 0.25) is 0 Å². The van der Waals surface area contributed by atoms with Crippen molar-refractivity contribution >= 4 is 23.2 Å². The highest BCUT2D eigenvalue weighted by atomic mass is 16.3. The van der Waals surface area contributed by atoms with Crippen molar-refractivity contribution in [3.8, 4) is 0 Å². The van der Waals surface area contributed by atoms with E-state index in [-0.39, 0.29) is 18.2 Å². The molecule has 3 N–H and O–H groups in total. The summed E-state index contributed by atoms with van der Waals surface area (Å²) in [6.45, 7) is 0. The molecule has 1 heterocycles. The van der Waals surface area contributed by atoms with Gasteiger partial charge in [-0.3, -0.25) is 9.59 Å². The Hall–Kier alpha value is -1.88. The molecule has 1 saturated carbocycles. The van der Waals surface area contributed by atoms with Gasteiger partial charge in [-0.2, -0.15) is 0 Å². The molecule has 2 aliphatic rings. The van der Waals surface area contributed by atoms with E-state index in [0.29, 0.717) is 17.3 Å². The summed E-state index contributed by atoms with van der Waals surface area (Å²) in [7, 11) is 0. The van der Waals surface area contributed by atoms with Gasteiger partial charge in [0.2, 0.25) is 11.8 Å². The summed E-state index contributed by atoms with van der Waals surface area (Å²) in [6.07, 6.45) is 3.75. The quantitative estimate of drug-likeness (QED) is 0.723. The Balaban J connectivity index is 1.88. The Bertz CT molecular complexity index is 550. The van der Waals surface area contributed by atoms with Crippen molar-refractivity contribution in [1.82, 2.24) is 0 Å². The molecule has 5 heteroatoms. The van der Waals surface area contributed by atoms with Crippen LogP contribution in [0.25, 0.3) is 0 Å². The number of fused-ring (bicyclic) bond motifs is 1. The van der Waals surface area contributed by atoms with Crippen LogP contribution in [0.4, 0.5) is 11.4 Å². The zero-order chi connectivity index (χ0) is 14.1. The van der Waals surface area contributed by atoms with E-state index in [1.165, 1.54) is 12.8 Å². The van der Waals surface area contributed by atoms with Crippen LogP contribution in [0.5, 0.6) is 0 Å². The van der Waals surface area contributed by atoms with Gasteiger partial charge in [-0.05, 0) is 36.5 Å². The van der Waals surface area contributed by atoms with Gasteiger partial charge in [0.1, 0.15) is 6.42 Å². The molecule has 20 heavy (non-hydrogen) atoms. The highest BCUT2D eigenvalue weighted by Crippen LogP contribution is 2.37. The topological polar surface area (TPSA) is 78.4 Å². The number of amides is 2. The molecule has 3 rings (SSSR count). The number of benzene rings is 1. The number of rotatable bonds is 2. The van der Waals surface area contributed by atoms with Crippen LogP contribution < -0.4 is 10.6 Å². The zero-order valence-electron chi connectivity index (χ0n) is 11.2. The molecule has 106 valence electrons. The summed E-state index contributed by atoms with van der Waals surface area (Å²) in [4.78, 5) is 23.0. The van der Waals surface area contributed by atoms with Gasteiger partial charge >= 0.3 is 0 Å². The fourth-order valence-corrected chi connectivity index (χ4v) is 3.04. The van der Waals surface area contributed by atoms with E-state index in [9.17, 15) is 14.7 Å². The molecule has 1 aliphatic carbocycles. The molecule has 0 radical (unpaired) electrons. The summed E-state index contributed by atoms with van der Waals surface area (Å²) in [5, 5.41) is 15.8. The molecule has 0 spiro atoms. The monoisotopic (exact) mass is 274 g/mol. The molecule has 0 bridgehead atoms. The van der Waals surface area contributed by atoms with Crippen molar-refractivity contribution in [3.05, 3.63) is 23.8 Å². The van der Waals surface area contributed by atoms with Gasteiger partial charge < -0.3 is 15.7 Å². The zero-order valence-corrected chi connectivity index (χ0v) is 11.2. The van der Waals surface area contributed by atoms with E-state index in [2.05, 4.69) is 10.6 Å². The maximum Gasteiger partial charge on any atom is 0.233 e. The molecule has 0 aromatic heterocycles. The lowest BCUT2D eigenvalue weighted by molar-refractivity contribution is -0.123. The fraction of sp³-hybridized carbons (Fsp3) is 0.467. The minimum absolute atomic E-state index is 0.171. The highest BCUT2D eigenvalue weighted by molar-refractivity contribution is 6.13. The number of nitrogens with one attached hydrogen (secondary N) is 2. The first-order valence-corrected chi connectivity index (χ1v) is 7.05. The fourth-order valence-electron chi connectivity index (χ4n) is 3.04. The van der Waals surface area contributed by atoms with Gasteiger partial charge in [-0.1, -0.05) is 18.9 Å². The Morgan fingerprint density at radius 1 is 1.05 bits per heavy atom. The average Bonchev–Trinajstić information content (AvgIpc) is 2.88. The standard InChI is InChI=1S/C15H18N2O3/c18-13-8-14(19)17-12-7-10(5-6-11(12)16-13)15(20)9-3-1-2-4-9/h5-7,9,15,20H,1-4,8H2,(H,16,18)(H,17,19). The lowest BCUT2D eigenvalue weighted by atomic mass is 9.94. The van der Waals surface area contributed by atoms with E-state index in [0.717, 1.165) is 18.4 Å². The van der Waals surface area contributed by atoms with E-state index in [1.54, 1.807) is 12.1 Å². The number of aliphatic hydroxyl groups is 1. The van der Waals surface area contributed by atoms with Gasteiger partial charge in [0.25, 0.3) is 0 Å². The molecule has 1 aromatic rings. The average molecular weight is 274 g/mol. The first-order valence-electron chi connectivity index (χ1n) is 7.05. The van der Waals surface area contributed by atoms with Crippen molar-refractivity contribution in [3.63, 3.8) is 0 Å². The Kier molecular flexibility index (Phi) is 3.44. The number of hydrogen-bond donors (Lipinski definition) is 3. The van der Waals surface area contributed by atoms with Crippen molar-refractivity contribution in [2.45, 2.75) is 38.2 Å². The molecule has 0 saturated heterocycles. The maximum atomic E-state index is 11.6. The molecule has 1 aromatic carbocycles. The second kappa shape index (κ2) is 5.25. The van der Waals surface area contributed by atoms with Crippen LogP contribution in [0.3, 0.4) is 0 Å². The van der Waals surface area contributed by atoms with Gasteiger partial charge in [0.05, 0.1) is 17.5 Å². The summed E-state index contributed by atoms with van der Waals surface area (Å²) in [5.41, 5.74) is 1.95. The number of carbonyl (C=O) groups excluding carboxylic acids is 2. The summed E-state index contributed by atoms with van der Waals surface area (Å²) in [5.74, 6) is -0.344. The first kappa shape index (κ1) is 13.1. The Morgan fingerprint density at radius 2 is 1.70 bits per heavy atom. The van der Waals surface area contributed by atoms with Crippen LogP contribution in [0.1, 0.15) is 43.8 Å². The third kappa shape index (κ3) is 2.54. The lowest BCUT2D eigenvalue weighted by Gasteiger charge is -2.19. The van der Waals surface area contributed by atoms with Crippen LogP contribution in [0, 0.1) is 5.92 Å². The molecular weight excluding hydrogens is 256 g/mol. The van der Waals surface area contributed by atoms with E-state index in [1.807, 2.05) is 6.07 Å². The van der Waals surface area contributed by atoms with E-state index >= 15 is 0 Å². The van der Waals surface area contributed by atoms with Crippen LogP contribution in [-0.4, -0.2) is 16.9 Å². The van der Waals surface area contributed by atoms with Crippen LogP contribution in [0.15, 0.2) is 18.2 Å². The highest BCUT2D eigenvalue weighted by Gasteiger charge is 2.26. The Labute approximate surface area is 117 Å². The Morgan fingerprint density at radius 3 is 2.40 bits per heavy atom. The van der Waals surface area contributed by atoms with Gasteiger partial charge in [-0.25, -0.2) is 0 Å².